The van der Waals surface area contributed by atoms with Gasteiger partial charge in [0, 0.05) is 32.2 Å². The SMILES string of the molecule is Cc1ccc(N2CCN(C(=O)Oc3ccc(C4CC4)c(F)c3)CC2)nn1. The first-order valence-electron chi connectivity index (χ1n) is 8.91. The van der Waals surface area contributed by atoms with Crippen molar-refractivity contribution in [2.45, 2.75) is 25.7 Å². The predicted octanol–water partition coefficient (Wildman–Crippen LogP) is 3.12. The van der Waals surface area contributed by atoms with E-state index in [-0.39, 0.29) is 11.6 Å². The molecule has 2 fully saturated rings. The van der Waals surface area contributed by atoms with E-state index in [9.17, 15) is 9.18 Å². The third-order valence-electron chi connectivity index (χ3n) is 4.84. The molecule has 1 aromatic carbocycles. The van der Waals surface area contributed by atoms with Crippen LogP contribution < -0.4 is 9.64 Å². The molecule has 0 N–H and O–H groups in total. The molecule has 7 heteroatoms. The van der Waals surface area contributed by atoms with Crippen molar-refractivity contribution in [1.29, 1.82) is 0 Å². The van der Waals surface area contributed by atoms with E-state index in [0.29, 0.717) is 32.1 Å². The van der Waals surface area contributed by atoms with Gasteiger partial charge in [0.15, 0.2) is 5.82 Å². The molecule has 1 saturated carbocycles. The molecular formula is C19H21FN4O2. The molecule has 1 amide bonds. The van der Waals surface area contributed by atoms with Crippen LogP contribution in [0.4, 0.5) is 15.0 Å². The molecule has 0 spiro atoms. The lowest BCUT2D eigenvalue weighted by Gasteiger charge is -2.34. The Morgan fingerprint density at radius 2 is 1.88 bits per heavy atom. The fourth-order valence-corrected chi connectivity index (χ4v) is 3.14. The van der Waals surface area contributed by atoms with Crippen molar-refractivity contribution in [1.82, 2.24) is 15.1 Å². The van der Waals surface area contributed by atoms with Crippen molar-refractivity contribution in [2.24, 2.45) is 0 Å². The highest BCUT2D eigenvalue weighted by atomic mass is 19.1. The van der Waals surface area contributed by atoms with Crippen LogP contribution in [-0.4, -0.2) is 47.4 Å². The quantitative estimate of drug-likeness (QED) is 0.846. The first-order chi connectivity index (χ1) is 12.6. The minimum atomic E-state index is -0.446. The first kappa shape index (κ1) is 16.8. The number of halogens is 1. The number of rotatable bonds is 3. The maximum absolute atomic E-state index is 14.1. The van der Waals surface area contributed by atoms with Crippen molar-refractivity contribution in [3.05, 3.63) is 47.4 Å². The van der Waals surface area contributed by atoms with Gasteiger partial charge < -0.3 is 14.5 Å². The lowest BCUT2D eigenvalue weighted by molar-refractivity contribution is 0.149. The predicted molar refractivity (Wildman–Crippen MR) is 95.0 cm³/mol. The molecule has 0 atom stereocenters. The van der Waals surface area contributed by atoms with Crippen LogP contribution in [0.25, 0.3) is 0 Å². The molecule has 4 rings (SSSR count). The maximum Gasteiger partial charge on any atom is 0.415 e. The normalized spacial score (nSPS) is 17.3. The molecule has 26 heavy (non-hydrogen) atoms. The summed E-state index contributed by atoms with van der Waals surface area (Å²) >= 11 is 0. The van der Waals surface area contributed by atoms with Crippen LogP contribution in [-0.2, 0) is 0 Å². The third kappa shape index (κ3) is 3.61. The Kier molecular flexibility index (Phi) is 4.44. The Morgan fingerprint density at radius 1 is 1.12 bits per heavy atom. The molecule has 2 heterocycles. The topological polar surface area (TPSA) is 58.6 Å². The molecule has 0 bridgehead atoms. The smallest absolute Gasteiger partial charge is 0.410 e. The van der Waals surface area contributed by atoms with E-state index in [1.807, 2.05) is 19.1 Å². The Morgan fingerprint density at radius 3 is 2.50 bits per heavy atom. The minimum absolute atomic E-state index is 0.253. The van der Waals surface area contributed by atoms with Gasteiger partial charge in [0.1, 0.15) is 11.6 Å². The van der Waals surface area contributed by atoms with Gasteiger partial charge in [-0.15, -0.1) is 5.10 Å². The first-order valence-corrected chi connectivity index (χ1v) is 8.91. The van der Waals surface area contributed by atoms with Crippen molar-refractivity contribution in [3.8, 4) is 5.75 Å². The van der Waals surface area contributed by atoms with E-state index in [0.717, 1.165) is 29.9 Å². The second-order valence-electron chi connectivity index (χ2n) is 6.83. The van der Waals surface area contributed by atoms with E-state index in [2.05, 4.69) is 15.1 Å². The van der Waals surface area contributed by atoms with Crippen LogP contribution >= 0.6 is 0 Å². The van der Waals surface area contributed by atoms with E-state index in [1.54, 1.807) is 17.0 Å². The number of aromatic nitrogens is 2. The van der Waals surface area contributed by atoms with Crippen LogP contribution in [0.3, 0.4) is 0 Å². The van der Waals surface area contributed by atoms with E-state index < -0.39 is 6.09 Å². The van der Waals surface area contributed by atoms with Crippen LogP contribution in [0.1, 0.15) is 30.0 Å². The summed E-state index contributed by atoms with van der Waals surface area (Å²) in [5, 5.41) is 8.24. The summed E-state index contributed by atoms with van der Waals surface area (Å²) in [6.07, 6.45) is 1.62. The van der Waals surface area contributed by atoms with Crippen molar-refractivity contribution in [2.75, 3.05) is 31.1 Å². The van der Waals surface area contributed by atoms with Crippen LogP contribution in [0.2, 0.25) is 0 Å². The van der Waals surface area contributed by atoms with Gasteiger partial charge in [-0.05, 0) is 49.4 Å². The highest BCUT2D eigenvalue weighted by molar-refractivity contribution is 5.71. The summed E-state index contributed by atoms with van der Waals surface area (Å²) in [5.41, 5.74) is 1.59. The average molecular weight is 356 g/mol. The number of hydrogen-bond acceptors (Lipinski definition) is 5. The second-order valence-corrected chi connectivity index (χ2v) is 6.83. The number of ether oxygens (including phenoxy) is 1. The van der Waals surface area contributed by atoms with E-state index in [1.165, 1.54) is 6.07 Å². The minimum Gasteiger partial charge on any atom is -0.410 e. The van der Waals surface area contributed by atoms with Crippen molar-refractivity contribution >= 4 is 11.9 Å². The number of nitrogens with zero attached hydrogens (tertiary/aromatic N) is 4. The van der Waals surface area contributed by atoms with Crippen LogP contribution in [0, 0.1) is 12.7 Å². The number of aryl methyl sites for hydroxylation is 1. The van der Waals surface area contributed by atoms with E-state index >= 15 is 0 Å². The maximum atomic E-state index is 14.1. The number of amides is 1. The second kappa shape index (κ2) is 6.90. The van der Waals surface area contributed by atoms with Gasteiger partial charge in [-0.1, -0.05) is 6.07 Å². The third-order valence-corrected chi connectivity index (χ3v) is 4.84. The van der Waals surface area contributed by atoms with Gasteiger partial charge in [-0.2, -0.15) is 5.10 Å². The Labute approximate surface area is 151 Å². The average Bonchev–Trinajstić information content (AvgIpc) is 3.48. The number of piperazine rings is 1. The van der Waals surface area contributed by atoms with Crippen molar-refractivity contribution < 1.29 is 13.9 Å². The summed E-state index contributed by atoms with van der Waals surface area (Å²) in [5.74, 6) is 1.10. The lowest BCUT2D eigenvalue weighted by atomic mass is 10.1. The molecular weight excluding hydrogens is 335 g/mol. The number of anilines is 1. The van der Waals surface area contributed by atoms with Crippen LogP contribution in [0.15, 0.2) is 30.3 Å². The molecule has 6 nitrogen and oxygen atoms in total. The fourth-order valence-electron chi connectivity index (χ4n) is 3.14. The summed E-state index contributed by atoms with van der Waals surface area (Å²) in [4.78, 5) is 16.0. The number of hydrogen-bond donors (Lipinski definition) is 0. The summed E-state index contributed by atoms with van der Waals surface area (Å²) in [7, 11) is 0. The van der Waals surface area contributed by atoms with Gasteiger partial charge >= 0.3 is 6.09 Å². The monoisotopic (exact) mass is 356 g/mol. The zero-order valence-electron chi connectivity index (χ0n) is 14.7. The summed E-state index contributed by atoms with van der Waals surface area (Å²) < 4.78 is 19.4. The Balaban J connectivity index is 1.33. The largest absolute Gasteiger partial charge is 0.415 e. The number of carbonyl (C=O) groups excluding carboxylic acids is 1. The molecule has 1 aliphatic carbocycles. The Bertz CT molecular complexity index is 800. The lowest BCUT2D eigenvalue weighted by Crippen LogP contribution is -2.49. The molecule has 0 unspecified atom stereocenters. The molecule has 0 radical (unpaired) electrons. The summed E-state index contributed by atoms with van der Waals surface area (Å²) in [6, 6.07) is 8.56. The van der Waals surface area contributed by atoms with Gasteiger partial charge in [0.2, 0.25) is 0 Å². The fraction of sp³-hybridized carbons (Fsp3) is 0.421. The highest BCUT2D eigenvalue weighted by Gasteiger charge is 2.27. The zero-order valence-corrected chi connectivity index (χ0v) is 14.7. The molecule has 2 aliphatic rings. The van der Waals surface area contributed by atoms with Gasteiger partial charge in [0.25, 0.3) is 0 Å². The Hall–Kier alpha value is -2.70. The molecule has 1 aromatic heterocycles. The standard InChI is InChI=1S/C19H21FN4O2/c1-13-2-7-18(22-21-13)23-8-10-24(11-9-23)19(25)26-15-5-6-16(14-3-4-14)17(20)12-15/h2,5-7,12,14H,3-4,8-11H2,1H3. The molecule has 1 saturated heterocycles. The van der Waals surface area contributed by atoms with Gasteiger partial charge in [0.05, 0.1) is 5.69 Å². The molecule has 1 aliphatic heterocycles. The molecule has 2 aromatic rings. The number of benzene rings is 1. The summed E-state index contributed by atoms with van der Waals surface area (Å²) in [6.45, 7) is 4.25. The van der Waals surface area contributed by atoms with Gasteiger partial charge in [-0.25, -0.2) is 9.18 Å². The number of carbonyl (C=O) groups is 1. The van der Waals surface area contributed by atoms with E-state index in [4.69, 9.17) is 4.74 Å². The highest BCUT2D eigenvalue weighted by Crippen LogP contribution is 2.41. The van der Waals surface area contributed by atoms with Gasteiger partial charge in [-0.3, -0.25) is 0 Å². The van der Waals surface area contributed by atoms with Crippen molar-refractivity contribution in [3.63, 3.8) is 0 Å². The van der Waals surface area contributed by atoms with Crippen LogP contribution in [0.5, 0.6) is 5.75 Å². The zero-order chi connectivity index (χ0) is 18.1. The molecule has 136 valence electrons.